The Morgan fingerprint density at radius 1 is 0.533 bits per heavy atom. The molecule has 0 aromatic heterocycles. The molecular weight excluding hydrogens is 943 g/mol. The van der Waals surface area contributed by atoms with E-state index in [1.54, 1.807) is 6.08 Å². The minimum Gasteiger partial charge on any atom is -0.454 e. The number of hydrogen-bond acceptors (Lipinski definition) is 10. The topological polar surface area (TPSA) is 175 Å². The van der Waals surface area contributed by atoms with E-state index < -0.39 is 67.4 Å². The van der Waals surface area contributed by atoms with E-state index in [1.807, 2.05) is 12.2 Å². The number of unbranched alkanes of at least 4 members (excludes halogenated alkanes) is 35. The Morgan fingerprint density at radius 2 is 0.960 bits per heavy atom. The first-order valence-electron chi connectivity index (χ1n) is 31.4. The monoisotopic (exact) mass is 1060 g/mol. The Balaban J connectivity index is 2.64. The highest BCUT2D eigenvalue weighted by molar-refractivity contribution is 5.80. The summed E-state index contributed by atoms with van der Waals surface area (Å²) < 4.78 is 17.6. The van der Waals surface area contributed by atoms with Gasteiger partial charge >= 0.3 is 5.97 Å². The molecule has 1 saturated heterocycles. The average molecular weight is 1060 g/mol. The van der Waals surface area contributed by atoms with E-state index in [4.69, 9.17) is 14.2 Å². The van der Waals surface area contributed by atoms with Crippen LogP contribution < -0.4 is 5.32 Å². The van der Waals surface area contributed by atoms with Crippen molar-refractivity contribution in [2.24, 2.45) is 0 Å². The van der Waals surface area contributed by atoms with E-state index in [-0.39, 0.29) is 13.0 Å². The summed E-state index contributed by atoms with van der Waals surface area (Å²) in [6, 6.07) is -1.02. The van der Waals surface area contributed by atoms with Crippen LogP contribution in [0.5, 0.6) is 0 Å². The SMILES string of the molecule is CC/C=C/C=C/C=C/CCCCCCCCCC(=O)OC1C(OCC(NC(=O)C(O)CCCCCCCCCCCCCCCCCCCCCC)C(O)/C=C/CCCCCCCCCCC)OC(CO)C(O)C1O. The molecule has 1 aliphatic rings. The molecule has 438 valence electrons. The van der Waals surface area contributed by atoms with Crippen molar-refractivity contribution in [1.29, 1.82) is 0 Å². The fourth-order valence-corrected chi connectivity index (χ4v) is 9.83. The van der Waals surface area contributed by atoms with Gasteiger partial charge in [-0.2, -0.15) is 0 Å². The van der Waals surface area contributed by atoms with Crippen molar-refractivity contribution in [3.8, 4) is 0 Å². The van der Waals surface area contributed by atoms with E-state index in [2.05, 4.69) is 56.5 Å². The minimum absolute atomic E-state index is 0.111. The molecule has 1 amide bonds. The maximum Gasteiger partial charge on any atom is 0.306 e. The van der Waals surface area contributed by atoms with Gasteiger partial charge in [0.25, 0.3) is 0 Å². The summed E-state index contributed by atoms with van der Waals surface area (Å²) in [6.07, 6.45) is 53.0. The molecule has 6 N–H and O–H groups in total. The molecule has 0 spiro atoms. The molecule has 11 nitrogen and oxygen atoms in total. The van der Waals surface area contributed by atoms with Gasteiger partial charge in [0, 0.05) is 6.42 Å². The Hall–Kier alpha value is -2.38. The summed E-state index contributed by atoms with van der Waals surface area (Å²) in [5.74, 6) is -1.20. The standard InChI is InChI=1S/C64H117NO10/c1-4-7-10-13-16-19-22-24-26-27-28-29-30-32-33-36-39-42-45-48-51-57(68)63(72)65-55(56(67)50-47-44-41-38-35-21-18-15-12-9-6-3)54-73-64-62(61(71)60(70)58(53-66)74-64)75-59(69)52-49-46-43-40-37-34-31-25-23-20-17-14-11-8-5-2/h8,11,14,17,20,23,47,50,55-58,60-62,64,66-68,70-71H,4-7,9-10,12-13,15-16,18-19,21-22,24-46,48-49,51-54H2,1-3H3,(H,65,72)/b11-8+,17-14+,23-20+,50-47+. The fourth-order valence-electron chi connectivity index (χ4n) is 9.83. The van der Waals surface area contributed by atoms with Crippen molar-refractivity contribution in [2.75, 3.05) is 13.2 Å². The molecular formula is C64H117NO10. The zero-order valence-corrected chi connectivity index (χ0v) is 48.4. The van der Waals surface area contributed by atoms with Gasteiger partial charge in [0.2, 0.25) is 5.91 Å². The molecule has 0 saturated carbocycles. The second kappa shape index (κ2) is 52.3. The molecule has 75 heavy (non-hydrogen) atoms. The third-order valence-corrected chi connectivity index (χ3v) is 14.8. The molecule has 1 fully saturated rings. The van der Waals surface area contributed by atoms with Gasteiger partial charge in [0.15, 0.2) is 12.4 Å². The van der Waals surface area contributed by atoms with Crippen molar-refractivity contribution in [3.05, 3.63) is 48.6 Å². The lowest BCUT2D eigenvalue weighted by molar-refractivity contribution is -0.305. The summed E-state index contributed by atoms with van der Waals surface area (Å²) in [4.78, 5) is 26.5. The van der Waals surface area contributed by atoms with Crippen LogP contribution in [0.2, 0.25) is 0 Å². The lowest BCUT2D eigenvalue weighted by Gasteiger charge is -2.41. The predicted molar refractivity (Wildman–Crippen MR) is 310 cm³/mol. The van der Waals surface area contributed by atoms with Crippen LogP contribution in [0.15, 0.2) is 48.6 Å². The van der Waals surface area contributed by atoms with Crippen LogP contribution in [0.4, 0.5) is 0 Å². The van der Waals surface area contributed by atoms with E-state index in [0.29, 0.717) is 19.3 Å². The normalized spacial score (nSPS) is 19.5. The van der Waals surface area contributed by atoms with Gasteiger partial charge < -0.3 is 45.1 Å². The zero-order valence-electron chi connectivity index (χ0n) is 48.4. The Labute approximate surface area is 459 Å². The van der Waals surface area contributed by atoms with E-state index in [0.717, 1.165) is 89.9 Å². The molecule has 0 aromatic carbocycles. The summed E-state index contributed by atoms with van der Waals surface area (Å²) in [7, 11) is 0. The third kappa shape index (κ3) is 40.5. The number of esters is 1. The van der Waals surface area contributed by atoms with E-state index >= 15 is 0 Å². The maximum absolute atomic E-state index is 13.4. The molecule has 11 heteroatoms. The van der Waals surface area contributed by atoms with Gasteiger partial charge in [0.1, 0.15) is 24.4 Å². The van der Waals surface area contributed by atoms with Crippen LogP contribution >= 0.6 is 0 Å². The van der Waals surface area contributed by atoms with Crippen molar-refractivity contribution in [2.45, 2.75) is 333 Å². The maximum atomic E-state index is 13.4. The molecule has 8 atom stereocenters. The molecule has 0 radical (unpaired) electrons. The molecule has 1 heterocycles. The smallest absolute Gasteiger partial charge is 0.306 e. The van der Waals surface area contributed by atoms with Crippen molar-refractivity contribution in [1.82, 2.24) is 5.32 Å². The molecule has 0 aliphatic carbocycles. The third-order valence-electron chi connectivity index (χ3n) is 14.8. The Bertz CT molecular complexity index is 1400. The average Bonchev–Trinajstić information content (AvgIpc) is 3.41. The summed E-state index contributed by atoms with van der Waals surface area (Å²) in [5.41, 5.74) is 0. The van der Waals surface area contributed by atoms with Gasteiger partial charge in [0.05, 0.1) is 25.4 Å². The first-order valence-corrected chi connectivity index (χ1v) is 31.4. The van der Waals surface area contributed by atoms with Gasteiger partial charge in [-0.25, -0.2) is 0 Å². The van der Waals surface area contributed by atoms with Gasteiger partial charge in [-0.05, 0) is 44.9 Å². The first-order chi connectivity index (χ1) is 36.7. The van der Waals surface area contributed by atoms with Crippen molar-refractivity contribution < 1.29 is 49.3 Å². The van der Waals surface area contributed by atoms with Crippen molar-refractivity contribution >= 4 is 11.9 Å². The number of rotatable bonds is 53. The number of allylic oxidation sites excluding steroid dienone is 7. The number of aliphatic hydroxyl groups excluding tert-OH is 5. The number of ether oxygens (including phenoxy) is 3. The number of nitrogens with one attached hydrogen (secondary N) is 1. The summed E-state index contributed by atoms with van der Waals surface area (Å²) in [5, 5.41) is 56.9. The first kappa shape index (κ1) is 70.6. The quantitative estimate of drug-likeness (QED) is 0.0149. The summed E-state index contributed by atoms with van der Waals surface area (Å²) >= 11 is 0. The molecule has 1 aliphatic heterocycles. The number of hydrogen-bond donors (Lipinski definition) is 6. The molecule has 0 bridgehead atoms. The molecule has 8 unspecified atom stereocenters. The Kier molecular flexibility index (Phi) is 49.3. The highest BCUT2D eigenvalue weighted by Crippen LogP contribution is 2.26. The van der Waals surface area contributed by atoms with Crippen LogP contribution in [-0.4, -0.2) is 99.6 Å². The van der Waals surface area contributed by atoms with Gasteiger partial charge in [-0.1, -0.05) is 281 Å². The van der Waals surface area contributed by atoms with Gasteiger partial charge in [-0.15, -0.1) is 0 Å². The Morgan fingerprint density at radius 3 is 1.43 bits per heavy atom. The predicted octanol–water partition coefficient (Wildman–Crippen LogP) is 14.8. The van der Waals surface area contributed by atoms with E-state index in [9.17, 15) is 35.1 Å². The number of carbonyl (C=O) groups excluding carboxylic acids is 2. The van der Waals surface area contributed by atoms with Gasteiger partial charge in [-0.3, -0.25) is 9.59 Å². The summed E-state index contributed by atoms with van der Waals surface area (Å²) in [6.45, 7) is 5.67. The number of amides is 1. The van der Waals surface area contributed by atoms with Crippen molar-refractivity contribution in [3.63, 3.8) is 0 Å². The largest absolute Gasteiger partial charge is 0.454 e. The number of carbonyl (C=O) groups is 2. The lowest BCUT2D eigenvalue weighted by Crippen LogP contribution is -2.61. The highest BCUT2D eigenvalue weighted by Gasteiger charge is 2.47. The lowest BCUT2D eigenvalue weighted by atomic mass is 9.99. The van der Waals surface area contributed by atoms with Crippen LogP contribution in [-0.2, 0) is 23.8 Å². The minimum atomic E-state index is -1.62. The van der Waals surface area contributed by atoms with Crippen LogP contribution in [0.1, 0.15) is 284 Å². The second-order valence-electron chi connectivity index (χ2n) is 21.8. The number of aliphatic hydroxyl groups is 5. The molecule has 0 aromatic rings. The van der Waals surface area contributed by atoms with Crippen LogP contribution in [0.3, 0.4) is 0 Å². The highest BCUT2D eigenvalue weighted by atomic mass is 16.7. The van der Waals surface area contributed by atoms with Crippen LogP contribution in [0.25, 0.3) is 0 Å². The zero-order chi connectivity index (χ0) is 54.7. The fraction of sp³-hybridized carbons (Fsp3) is 0.844. The second-order valence-corrected chi connectivity index (χ2v) is 21.8. The molecule has 1 rings (SSSR count). The van der Waals surface area contributed by atoms with Crippen LogP contribution in [0, 0.1) is 0 Å². The van der Waals surface area contributed by atoms with E-state index in [1.165, 1.54) is 148 Å².